The molecular weight excluding hydrogens is 295 g/mol. The van der Waals surface area contributed by atoms with Crippen LogP contribution in [-0.2, 0) is 9.59 Å². The van der Waals surface area contributed by atoms with Gasteiger partial charge in [0.2, 0.25) is 5.91 Å². The van der Waals surface area contributed by atoms with Gasteiger partial charge in [0, 0.05) is 6.42 Å². The average Bonchev–Trinajstić information content (AvgIpc) is 2.48. The third-order valence-electron chi connectivity index (χ3n) is 3.90. The van der Waals surface area contributed by atoms with Crippen molar-refractivity contribution in [2.75, 3.05) is 0 Å². The van der Waals surface area contributed by atoms with Crippen molar-refractivity contribution < 1.29 is 9.59 Å². The molecule has 0 aliphatic carbocycles. The number of rotatable bonds is 3. The van der Waals surface area contributed by atoms with Gasteiger partial charge in [0.05, 0.1) is 5.39 Å². The summed E-state index contributed by atoms with van der Waals surface area (Å²) in [6, 6.07) is 4.74. The smallest absolute Gasteiger partial charge is 0.278 e. The summed E-state index contributed by atoms with van der Waals surface area (Å²) in [5, 5.41) is 10.6. The van der Waals surface area contributed by atoms with E-state index in [1.807, 2.05) is 12.1 Å². The summed E-state index contributed by atoms with van der Waals surface area (Å²) in [6.45, 7) is 4.22. The van der Waals surface area contributed by atoms with Crippen LogP contribution in [0.5, 0.6) is 0 Å². The second-order valence-corrected chi connectivity index (χ2v) is 6.26. The van der Waals surface area contributed by atoms with Gasteiger partial charge in [0.15, 0.2) is 7.28 Å². The lowest BCUT2D eigenvalue weighted by atomic mass is 9.60. The number of hydrogen-bond acceptors (Lipinski definition) is 5. The van der Waals surface area contributed by atoms with Crippen LogP contribution < -0.4 is 16.3 Å². The fourth-order valence-corrected chi connectivity index (χ4v) is 2.82. The molecule has 2 aromatic rings. The van der Waals surface area contributed by atoms with Gasteiger partial charge in [-0.2, -0.15) is 4.68 Å². The number of benzene rings is 1. The van der Waals surface area contributed by atoms with Gasteiger partial charge in [-0.15, -0.1) is 5.10 Å². The molecule has 2 heterocycles. The molecule has 8 heteroatoms. The molecule has 1 atom stereocenters. The maximum Gasteiger partial charge on any atom is 0.278 e. The first-order valence-electron chi connectivity index (χ1n) is 7.67. The number of nitrogens with zero attached hydrogens (tertiary/aromatic N) is 3. The summed E-state index contributed by atoms with van der Waals surface area (Å²) in [5.41, 5.74) is 1.20. The fraction of sp³-hybridized carbons (Fsp3) is 0.400. The molecule has 118 valence electrons. The van der Waals surface area contributed by atoms with Crippen LogP contribution in [0.15, 0.2) is 23.0 Å². The number of amides is 2. The highest BCUT2D eigenvalue weighted by atomic mass is 16.2. The number of imide groups is 1. The Labute approximate surface area is 133 Å². The van der Waals surface area contributed by atoms with Gasteiger partial charge in [-0.1, -0.05) is 42.5 Å². The highest BCUT2D eigenvalue weighted by molar-refractivity contribution is 6.55. The number of carbonyl (C=O) groups is 2. The molecule has 23 heavy (non-hydrogen) atoms. The van der Waals surface area contributed by atoms with Crippen LogP contribution in [0, 0.1) is 0 Å². The summed E-state index contributed by atoms with van der Waals surface area (Å²) < 4.78 is 1.09. The topological polar surface area (TPSA) is 93.9 Å². The largest absolute Gasteiger partial charge is 0.295 e. The molecule has 1 aromatic carbocycles. The van der Waals surface area contributed by atoms with E-state index in [0.717, 1.165) is 17.4 Å². The Morgan fingerprint density at radius 3 is 2.78 bits per heavy atom. The van der Waals surface area contributed by atoms with E-state index in [2.05, 4.69) is 29.5 Å². The molecule has 2 amide bonds. The van der Waals surface area contributed by atoms with Crippen molar-refractivity contribution in [1.29, 1.82) is 0 Å². The van der Waals surface area contributed by atoms with Crippen LogP contribution in [0.25, 0.3) is 10.9 Å². The van der Waals surface area contributed by atoms with Crippen LogP contribution in [0.1, 0.15) is 32.7 Å². The molecule has 3 rings (SSSR count). The van der Waals surface area contributed by atoms with E-state index in [1.54, 1.807) is 6.07 Å². The number of nitrogens with one attached hydrogen (secondary N) is 1. The maximum absolute atomic E-state index is 12.7. The minimum atomic E-state index is -0.786. The summed E-state index contributed by atoms with van der Waals surface area (Å²) in [7, 11) is 0.857. The zero-order valence-corrected chi connectivity index (χ0v) is 13.1. The Balaban J connectivity index is 2.05. The Hall–Kier alpha value is -2.51. The minimum absolute atomic E-state index is 0.190. The monoisotopic (exact) mass is 312 g/mol. The quantitative estimate of drug-likeness (QED) is 0.618. The van der Waals surface area contributed by atoms with E-state index >= 15 is 0 Å². The summed E-state index contributed by atoms with van der Waals surface area (Å²) >= 11 is 0. The van der Waals surface area contributed by atoms with Crippen LogP contribution >= 0.6 is 0 Å². The van der Waals surface area contributed by atoms with E-state index in [9.17, 15) is 14.4 Å². The molecular formula is C15H17BN4O3. The van der Waals surface area contributed by atoms with Crippen molar-refractivity contribution in [3.8, 4) is 0 Å². The lowest BCUT2D eigenvalue weighted by molar-refractivity contribution is -0.136. The Kier molecular flexibility index (Phi) is 3.98. The first-order chi connectivity index (χ1) is 11.0. The van der Waals surface area contributed by atoms with Gasteiger partial charge in [-0.05, 0) is 12.5 Å². The normalized spacial score (nSPS) is 18.3. The highest BCUT2D eigenvalue weighted by Gasteiger charge is 2.30. The fourth-order valence-electron chi connectivity index (χ4n) is 2.82. The molecule has 1 N–H and O–H groups in total. The average molecular weight is 312 g/mol. The molecule has 1 unspecified atom stereocenters. The molecule has 1 aliphatic rings. The summed E-state index contributed by atoms with van der Waals surface area (Å²) in [4.78, 5) is 35.9. The molecule has 1 fully saturated rings. The minimum Gasteiger partial charge on any atom is -0.295 e. The number of hydrogen-bond donors (Lipinski definition) is 1. The number of aromatic nitrogens is 3. The van der Waals surface area contributed by atoms with Gasteiger partial charge in [-0.25, -0.2) is 0 Å². The van der Waals surface area contributed by atoms with Crippen LogP contribution in [0.3, 0.4) is 0 Å². The van der Waals surface area contributed by atoms with Gasteiger partial charge in [0.1, 0.15) is 11.6 Å². The van der Waals surface area contributed by atoms with Gasteiger partial charge in [0.25, 0.3) is 11.5 Å². The van der Waals surface area contributed by atoms with Crippen molar-refractivity contribution >= 4 is 35.5 Å². The van der Waals surface area contributed by atoms with Gasteiger partial charge in [-0.3, -0.25) is 19.7 Å². The molecule has 0 radical (unpaired) electrons. The van der Waals surface area contributed by atoms with Crippen LogP contribution in [0.4, 0.5) is 0 Å². The van der Waals surface area contributed by atoms with Crippen molar-refractivity contribution in [1.82, 2.24) is 20.3 Å². The summed E-state index contributed by atoms with van der Waals surface area (Å²) in [5.74, 6) is -0.359. The zero-order chi connectivity index (χ0) is 16.6. The standard InChI is InChI=1S/C15H17BN4O3/c1-8(2)16-9-3-4-11-10(7-9)15(23)20(19-18-11)12-5-6-13(21)17-14(12)22/h3-4,7-8,12,16H,5-6H2,1-2H3,(H,17,21,22). The Morgan fingerprint density at radius 2 is 2.09 bits per heavy atom. The predicted octanol–water partition coefficient (Wildman–Crippen LogP) is -0.341. The van der Waals surface area contributed by atoms with E-state index < -0.39 is 11.9 Å². The number of fused-ring (bicyclic) bond motifs is 1. The van der Waals surface area contributed by atoms with Crippen molar-refractivity contribution in [2.45, 2.75) is 38.5 Å². The lowest BCUT2D eigenvalue weighted by Gasteiger charge is -2.21. The van der Waals surface area contributed by atoms with Gasteiger partial charge < -0.3 is 0 Å². The molecule has 0 saturated carbocycles. The second kappa shape index (κ2) is 5.94. The van der Waals surface area contributed by atoms with E-state index in [0.29, 0.717) is 16.7 Å². The van der Waals surface area contributed by atoms with Crippen LogP contribution in [-0.4, -0.2) is 34.1 Å². The van der Waals surface area contributed by atoms with Crippen molar-refractivity contribution in [3.05, 3.63) is 28.6 Å². The van der Waals surface area contributed by atoms with E-state index in [4.69, 9.17) is 0 Å². The molecule has 7 nitrogen and oxygen atoms in total. The van der Waals surface area contributed by atoms with E-state index in [1.165, 1.54) is 0 Å². The number of piperidine rings is 1. The Morgan fingerprint density at radius 1 is 1.30 bits per heavy atom. The van der Waals surface area contributed by atoms with Crippen LogP contribution in [0.2, 0.25) is 5.82 Å². The first kappa shape index (κ1) is 15.4. The highest BCUT2D eigenvalue weighted by Crippen LogP contribution is 2.16. The summed E-state index contributed by atoms with van der Waals surface area (Å²) in [6.07, 6.45) is 0.451. The molecule has 0 bridgehead atoms. The van der Waals surface area contributed by atoms with Gasteiger partial charge >= 0.3 is 0 Å². The SMILES string of the molecule is CC(C)Bc1ccc2nnn(C3CCC(=O)NC3=O)c(=O)c2c1. The van der Waals surface area contributed by atoms with Crippen molar-refractivity contribution in [2.24, 2.45) is 0 Å². The maximum atomic E-state index is 12.7. The van der Waals surface area contributed by atoms with E-state index in [-0.39, 0.29) is 24.3 Å². The Bertz CT molecular complexity index is 846. The zero-order valence-electron chi connectivity index (χ0n) is 13.1. The third kappa shape index (κ3) is 3.01. The van der Waals surface area contributed by atoms with Crippen molar-refractivity contribution in [3.63, 3.8) is 0 Å². The lowest BCUT2D eigenvalue weighted by Crippen LogP contribution is -2.45. The second-order valence-electron chi connectivity index (χ2n) is 6.26. The molecule has 1 saturated heterocycles. The molecule has 1 aliphatic heterocycles. The number of carbonyl (C=O) groups excluding carboxylic acids is 2. The predicted molar refractivity (Wildman–Crippen MR) is 87.1 cm³/mol. The first-order valence-corrected chi connectivity index (χ1v) is 7.67. The molecule has 0 spiro atoms. The third-order valence-corrected chi connectivity index (χ3v) is 3.90. The molecule has 1 aromatic heterocycles.